The number of hydrogen-bond donors (Lipinski definition) is 1. The second-order valence-corrected chi connectivity index (χ2v) is 8.85. The molecule has 0 saturated carbocycles. The Morgan fingerprint density at radius 3 is 2.65 bits per heavy atom. The summed E-state index contributed by atoms with van der Waals surface area (Å²) in [5, 5.41) is 3.32. The van der Waals surface area contributed by atoms with Gasteiger partial charge in [0.25, 0.3) is 11.5 Å². The normalized spacial score (nSPS) is 11.0. The van der Waals surface area contributed by atoms with Gasteiger partial charge in [0.15, 0.2) is 0 Å². The van der Waals surface area contributed by atoms with E-state index in [0.29, 0.717) is 27.2 Å². The molecule has 2 heterocycles. The van der Waals surface area contributed by atoms with Gasteiger partial charge in [0.1, 0.15) is 11.4 Å². The Balaban J connectivity index is 1.88. The molecule has 2 amide bonds. The molecule has 0 bridgehead atoms. The van der Waals surface area contributed by atoms with Crippen LogP contribution in [-0.2, 0) is 11.3 Å². The van der Waals surface area contributed by atoms with Crippen molar-refractivity contribution in [1.82, 2.24) is 14.5 Å². The maximum atomic E-state index is 13.0. The van der Waals surface area contributed by atoms with Crippen LogP contribution in [0.2, 0.25) is 0 Å². The number of amides is 2. The molecule has 0 atom stereocenters. The van der Waals surface area contributed by atoms with Crippen molar-refractivity contribution in [3.63, 3.8) is 0 Å². The summed E-state index contributed by atoms with van der Waals surface area (Å²) in [5.74, 6) is -0.411. The molecule has 0 aliphatic heterocycles. The molecule has 1 N–H and O–H groups in total. The molecule has 0 fully saturated rings. The zero-order valence-corrected chi connectivity index (χ0v) is 19.4. The molecule has 0 aliphatic rings. The number of nitrogens with one attached hydrogen (secondary N) is 1. The fourth-order valence-electron chi connectivity index (χ4n) is 3.41. The maximum absolute atomic E-state index is 13.0. The molecule has 0 unspecified atom stereocenters. The van der Waals surface area contributed by atoms with E-state index in [1.807, 2.05) is 32.0 Å². The van der Waals surface area contributed by atoms with E-state index in [1.165, 1.54) is 22.2 Å². The van der Waals surface area contributed by atoms with Crippen LogP contribution in [0.15, 0.2) is 29.3 Å². The van der Waals surface area contributed by atoms with Gasteiger partial charge in [-0.25, -0.2) is 4.98 Å². The molecule has 0 aliphatic carbocycles. The first-order valence-electron chi connectivity index (χ1n) is 10.3. The maximum Gasteiger partial charge on any atom is 0.266 e. The molecular weight excluding hydrogens is 412 g/mol. The Kier molecular flexibility index (Phi) is 6.90. The van der Waals surface area contributed by atoms with Crippen LogP contribution in [0.5, 0.6) is 0 Å². The van der Waals surface area contributed by atoms with Crippen molar-refractivity contribution in [3.05, 3.63) is 56.4 Å². The summed E-state index contributed by atoms with van der Waals surface area (Å²) in [6.45, 7) is 8.33. The zero-order valence-electron chi connectivity index (χ0n) is 18.6. The summed E-state index contributed by atoms with van der Waals surface area (Å²) in [5.41, 5.74) is 3.10. The lowest BCUT2D eigenvalue weighted by molar-refractivity contribution is -0.130. The Bertz CT molecular complexity index is 1200. The number of benzene rings is 1. The molecular formula is C23H28N4O3S. The largest absolute Gasteiger partial charge is 0.344 e. The van der Waals surface area contributed by atoms with E-state index in [-0.39, 0.29) is 23.9 Å². The highest BCUT2D eigenvalue weighted by Crippen LogP contribution is 2.28. The number of rotatable bonds is 7. The van der Waals surface area contributed by atoms with Gasteiger partial charge in [-0.15, -0.1) is 11.3 Å². The van der Waals surface area contributed by atoms with Crippen LogP contribution in [0.4, 0.5) is 5.69 Å². The van der Waals surface area contributed by atoms with Gasteiger partial charge in [-0.05, 0) is 44.4 Å². The van der Waals surface area contributed by atoms with Crippen molar-refractivity contribution in [2.75, 3.05) is 18.9 Å². The Morgan fingerprint density at radius 2 is 1.97 bits per heavy atom. The minimum atomic E-state index is -0.304. The monoisotopic (exact) mass is 440 g/mol. The number of aryl methyl sites for hydroxylation is 3. The SMILES string of the molecule is CCCCN(C)C(=O)Cn1cnc2sc(C(=O)Nc3ccc(C)cc3C)c(C)c2c1=O. The van der Waals surface area contributed by atoms with E-state index in [0.717, 1.165) is 29.7 Å². The standard InChI is InChI=1S/C23H28N4O3S/c1-6-7-10-26(5)18(28)12-27-13-24-22-19(23(27)30)16(4)20(31-22)21(29)25-17-9-8-14(2)11-15(17)3/h8-9,11,13H,6-7,10,12H2,1-5H3,(H,25,29). The number of carbonyl (C=O) groups excluding carboxylic acids is 2. The molecule has 1 aromatic carbocycles. The molecule has 8 heteroatoms. The van der Waals surface area contributed by atoms with E-state index in [9.17, 15) is 14.4 Å². The summed E-state index contributed by atoms with van der Waals surface area (Å²) in [4.78, 5) is 45.3. The highest BCUT2D eigenvalue weighted by molar-refractivity contribution is 7.20. The number of hydrogen-bond acceptors (Lipinski definition) is 5. The van der Waals surface area contributed by atoms with Crippen molar-refractivity contribution >= 4 is 39.1 Å². The van der Waals surface area contributed by atoms with E-state index >= 15 is 0 Å². The van der Waals surface area contributed by atoms with E-state index in [2.05, 4.69) is 17.2 Å². The number of thiophene rings is 1. The molecule has 0 saturated heterocycles. The first kappa shape index (κ1) is 22.7. The number of aromatic nitrogens is 2. The van der Waals surface area contributed by atoms with Gasteiger partial charge in [-0.1, -0.05) is 31.0 Å². The summed E-state index contributed by atoms with van der Waals surface area (Å²) < 4.78 is 1.32. The van der Waals surface area contributed by atoms with E-state index in [4.69, 9.17) is 0 Å². The fourth-order valence-corrected chi connectivity index (χ4v) is 4.44. The molecule has 0 spiro atoms. The van der Waals surface area contributed by atoms with Crippen molar-refractivity contribution < 1.29 is 9.59 Å². The van der Waals surface area contributed by atoms with Crippen LogP contribution in [0.3, 0.4) is 0 Å². The third-order valence-corrected chi connectivity index (χ3v) is 6.53. The number of fused-ring (bicyclic) bond motifs is 1. The van der Waals surface area contributed by atoms with Gasteiger partial charge in [0, 0.05) is 19.3 Å². The van der Waals surface area contributed by atoms with Crippen molar-refractivity contribution in [1.29, 1.82) is 0 Å². The molecule has 7 nitrogen and oxygen atoms in total. The van der Waals surface area contributed by atoms with Crippen LogP contribution >= 0.6 is 11.3 Å². The average Bonchev–Trinajstić information content (AvgIpc) is 3.07. The number of carbonyl (C=O) groups is 2. The van der Waals surface area contributed by atoms with Gasteiger partial charge >= 0.3 is 0 Å². The van der Waals surface area contributed by atoms with Crippen molar-refractivity contribution in [2.45, 2.75) is 47.1 Å². The predicted octanol–water partition coefficient (Wildman–Crippen LogP) is 3.89. The van der Waals surface area contributed by atoms with Crippen molar-refractivity contribution in [3.8, 4) is 0 Å². The highest BCUT2D eigenvalue weighted by atomic mass is 32.1. The summed E-state index contributed by atoms with van der Waals surface area (Å²) >= 11 is 1.19. The average molecular weight is 441 g/mol. The number of nitrogens with zero attached hydrogens (tertiary/aromatic N) is 3. The molecule has 3 aromatic rings. The highest BCUT2D eigenvalue weighted by Gasteiger charge is 2.21. The lowest BCUT2D eigenvalue weighted by atomic mass is 10.1. The number of unbranched alkanes of at least 4 members (excludes halogenated alkanes) is 1. The smallest absolute Gasteiger partial charge is 0.266 e. The van der Waals surface area contributed by atoms with Crippen LogP contribution in [-0.4, -0.2) is 39.9 Å². The minimum absolute atomic E-state index is 0.0681. The van der Waals surface area contributed by atoms with Crippen LogP contribution in [0.25, 0.3) is 10.2 Å². The molecule has 3 rings (SSSR count). The minimum Gasteiger partial charge on any atom is -0.344 e. The Hall–Kier alpha value is -3.00. The van der Waals surface area contributed by atoms with Crippen LogP contribution < -0.4 is 10.9 Å². The third-order valence-electron chi connectivity index (χ3n) is 5.33. The van der Waals surface area contributed by atoms with Gasteiger partial charge in [0.05, 0.1) is 16.6 Å². The first-order valence-corrected chi connectivity index (χ1v) is 11.2. The zero-order chi connectivity index (χ0) is 22.7. The van der Waals surface area contributed by atoms with Gasteiger partial charge in [-0.2, -0.15) is 0 Å². The van der Waals surface area contributed by atoms with E-state index in [1.54, 1.807) is 18.9 Å². The molecule has 164 valence electrons. The van der Waals surface area contributed by atoms with Crippen LogP contribution in [0, 0.1) is 20.8 Å². The Labute approximate surface area is 185 Å². The number of likely N-dealkylation sites (N-methyl/N-ethyl adjacent to an activating group) is 1. The molecule has 31 heavy (non-hydrogen) atoms. The summed E-state index contributed by atoms with van der Waals surface area (Å²) in [6, 6.07) is 5.81. The molecule has 2 aromatic heterocycles. The first-order chi connectivity index (χ1) is 14.7. The lowest BCUT2D eigenvalue weighted by Gasteiger charge is -2.17. The Morgan fingerprint density at radius 1 is 1.23 bits per heavy atom. The van der Waals surface area contributed by atoms with E-state index < -0.39 is 0 Å². The second kappa shape index (κ2) is 9.43. The molecule has 0 radical (unpaired) electrons. The summed E-state index contributed by atoms with van der Waals surface area (Å²) in [7, 11) is 1.74. The third kappa shape index (κ3) is 4.85. The summed E-state index contributed by atoms with van der Waals surface area (Å²) in [6.07, 6.45) is 3.29. The predicted molar refractivity (Wildman–Crippen MR) is 125 cm³/mol. The van der Waals surface area contributed by atoms with Crippen LogP contribution in [0.1, 0.15) is 46.1 Å². The topological polar surface area (TPSA) is 84.3 Å². The quantitative estimate of drug-likeness (QED) is 0.604. The lowest BCUT2D eigenvalue weighted by Crippen LogP contribution is -2.34. The van der Waals surface area contributed by atoms with Gasteiger partial charge in [-0.3, -0.25) is 19.0 Å². The van der Waals surface area contributed by atoms with Gasteiger partial charge < -0.3 is 10.2 Å². The van der Waals surface area contributed by atoms with Crippen molar-refractivity contribution in [2.24, 2.45) is 0 Å². The second-order valence-electron chi connectivity index (χ2n) is 7.86. The fraction of sp³-hybridized carbons (Fsp3) is 0.391. The number of anilines is 1. The van der Waals surface area contributed by atoms with Gasteiger partial charge in [0.2, 0.25) is 5.91 Å².